The number of aromatic nitrogens is 1. The molecular weight excluding hydrogens is 511 g/mol. The van der Waals surface area contributed by atoms with Gasteiger partial charge in [0.2, 0.25) is 0 Å². The molecule has 1 heterocycles. The van der Waals surface area contributed by atoms with E-state index in [-0.39, 0.29) is 33.0 Å². The number of hydrogen-bond acceptors (Lipinski definition) is 7. The molecule has 1 aliphatic rings. The first kappa shape index (κ1) is 26.6. The third-order valence-electron chi connectivity index (χ3n) is 6.24. The molecule has 0 fully saturated rings. The van der Waals surface area contributed by atoms with Gasteiger partial charge in [-0.15, -0.1) is 21.8 Å². The second-order valence-electron chi connectivity index (χ2n) is 9.45. The van der Waals surface area contributed by atoms with Crippen LogP contribution in [0, 0.1) is 22.9 Å². The van der Waals surface area contributed by atoms with Crippen LogP contribution in [-0.4, -0.2) is 33.6 Å². The molecule has 2 aromatic carbocycles. The van der Waals surface area contributed by atoms with Crippen molar-refractivity contribution in [1.29, 1.82) is 0 Å². The average Bonchev–Trinajstić information content (AvgIpc) is 3.32. The highest BCUT2D eigenvalue weighted by Crippen LogP contribution is 2.40. The number of anilines is 1. The number of carbonyl (C=O) groups is 1. The van der Waals surface area contributed by atoms with E-state index in [2.05, 4.69) is 24.3 Å². The lowest BCUT2D eigenvalue weighted by atomic mass is 9.77. The van der Waals surface area contributed by atoms with Crippen molar-refractivity contribution in [2.45, 2.75) is 33.1 Å². The van der Waals surface area contributed by atoms with Crippen LogP contribution in [0.1, 0.15) is 49.0 Å². The van der Waals surface area contributed by atoms with Crippen molar-refractivity contribution >= 4 is 34.4 Å². The standard InChI is InChI=1S/C25H24F3N3O5S/c1-25(2)8-6-13(7-9-25)14-4-5-15(22(28)21(14)27)23-29-20(12-37-23)31(34,35)30-18-11-17(26)16(24(32)33)10-19(18)36-3/h4-6,10-12,30,34-35H,7-9H2,1-3H3/p+1. The number of quaternary nitrogens is 1. The maximum absolute atomic E-state index is 15.1. The Hall–Kier alpha value is -3.45. The summed E-state index contributed by atoms with van der Waals surface area (Å²) in [5.41, 5.74) is 2.06. The predicted octanol–water partition coefficient (Wildman–Crippen LogP) is 6.64. The Balaban J connectivity index is 1.62. The van der Waals surface area contributed by atoms with E-state index in [1.54, 1.807) is 0 Å². The van der Waals surface area contributed by atoms with Gasteiger partial charge in [-0.25, -0.2) is 18.0 Å². The summed E-state index contributed by atoms with van der Waals surface area (Å²) in [4.78, 5) is 13.1. The van der Waals surface area contributed by atoms with Crippen LogP contribution in [0.5, 0.6) is 5.75 Å². The Bertz CT molecular complexity index is 1400. The Morgan fingerprint density at radius 2 is 1.84 bits per heavy atom. The van der Waals surface area contributed by atoms with Crippen LogP contribution in [-0.2, 0) is 0 Å². The van der Waals surface area contributed by atoms with E-state index in [9.17, 15) is 19.6 Å². The number of aromatic carboxylic acids is 1. The van der Waals surface area contributed by atoms with Gasteiger partial charge in [-0.3, -0.25) is 0 Å². The van der Waals surface area contributed by atoms with E-state index < -0.39 is 39.7 Å². The molecule has 0 atom stereocenters. The molecular formula is C25H25F3N3O5S+. The average molecular weight is 537 g/mol. The van der Waals surface area contributed by atoms with Gasteiger partial charge in [0.1, 0.15) is 27.2 Å². The zero-order chi connectivity index (χ0) is 27.1. The summed E-state index contributed by atoms with van der Waals surface area (Å²) in [6, 6.07) is 4.45. The Morgan fingerprint density at radius 1 is 1.16 bits per heavy atom. The third kappa shape index (κ3) is 5.32. The highest BCUT2D eigenvalue weighted by molar-refractivity contribution is 7.13. The number of nitrogens with zero attached hydrogens (tertiary/aromatic N) is 2. The van der Waals surface area contributed by atoms with Crippen LogP contribution in [0.2, 0.25) is 0 Å². The normalized spacial score (nSPS) is 15.3. The van der Waals surface area contributed by atoms with Gasteiger partial charge in [0, 0.05) is 17.2 Å². The second kappa shape index (κ2) is 9.78. The fourth-order valence-corrected chi connectivity index (χ4v) is 4.86. The van der Waals surface area contributed by atoms with Gasteiger partial charge in [-0.05, 0) is 42.4 Å². The van der Waals surface area contributed by atoms with Crippen molar-refractivity contribution in [3.63, 3.8) is 0 Å². The topological polar surface area (TPSA) is 112 Å². The van der Waals surface area contributed by atoms with Gasteiger partial charge >= 0.3 is 11.8 Å². The van der Waals surface area contributed by atoms with Crippen LogP contribution in [0.4, 0.5) is 24.7 Å². The number of carboxylic acid groups (broad SMARTS) is 1. The first-order valence-electron chi connectivity index (χ1n) is 11.2. The molecule has 196 valence electrons. The summed E-state index contributed by atoms with van der Waals surface area (Å²) in [6.07, 6.45) is 4.17. The van der Waals surface area contributed by atoms with E-state index in [0.29, 0.717) is 12.5 Å². The van der Waals surface area contributed by atoms with E-state index >= 15 is 8.78 Å². The van der Waals surface area contributed by atoms with Crippen LogP contribution in [0.25, 0.3) is 16.1 Å². The molecule has 37 heavy (non-hydrogen) atoms. The summed E-state index contributed by atoms with van der Waals surface area (Å²) in [5, 5.41) is 31.3. The number of benzene rings is 2. The first-order valence-corrected chi connectivity index (χ1v) is 12.1. The highest BCUT2D eigenvalue weighted by atomic mass is 32.1. The third-order valence-corrected chi connectivity index (χ3v) is 7.10. The number of methoxy groups -OCH3 is 1. The fourth-order valence-electron chi connectivity index (χ4n) is 4.01. The molecule has 4 rings (SSSR count). The Morgan fingerprint density at radius 3 is 2.46 bits per heavy atom. The molecule has 1 aromatic heterocycles. The smallest absolute Gasteiger partial charge is 0.338 e. The number of ether oxygens (including phenoxy) is 1. The van der Waals surface area contributed by atoms with Gasteiger partial charge in [0.05, 0.1) is 18.1 Å². The molecule has 0 saturated heterocycles. The minimum Gasteiger partial charge on any atom is -0.494 e. The van der Waals surface area contributed by atoms with Crippen molar-refractivity contribution in [2.75, 3.05) is 12.5 Å². The van der Waals surface area contributed by atoms with Crippen molar-refractivity contribution < 1.29 is 38.2 Å². The molecule has 3 aromatic rings. The Kier molecular flexibility index (Phi) is 7.04. The van der Waals surface area contributed by atoms with Gasteiger partial charge in [-0.2, -0.15) is 10.4 Å². The lowest BCUT2D eigenvalue weighted by Crippen LogP contribution is -2.48. The number of nitrogens with one attached hydrogen (secondary N) is 1. The SMILES string of the molecule is COc1cc(C(=O)O)c(F)cc1N[N+](O)(O)c1csc(-c2ccc(C3=CCC(C)(C)CC3)c(F)c2F)n1. The molecule has 0 spiro atoms. The van der Waals surface area contributed by atoms with Crippen LogP contribution < -0.4 is 15.1 Å². The number of carboxylic acids is 1. The molecule has 0 unspecified atom stereocenters. The monoisotopic (exact) mass is 536 g/mol. The van der Waals surface area contributed by atoms with E-state index in [0.717, 1.165) is 35.8 Å². The lowest BCUT2D eigenvalue weighted by molar-refractivity contribution is -0.274. The van der Waals surface area contributed by atoms with E-state index in [4.69, 9.17) is 9.84 Å². The van der Waals surface area contributed by atoms with Crippen molar-refractivity contribution in [2.24, 2.45) is 5.41 Å². The summed E-state index contributed by atoms with van der Waals surface area (Å²) in [5.74, 6) is -5.44. The van der Waals surface area contributed by atoms with E-state index in [1.807, 2.05) is 6.08 Å². The zero-order valence-corrected chi connectivity index (χ0v) is 21.0. The lowest BCUT2D eigenvalue weighted by Gasteiger charge is -2.29. The van der Waals surface area contributed by atoms with Crippen LogP contribution >= 0.6 is 11.3 Å². The van der Waals surface area contributed by atoms with Crippen molar-refractivity contribution in [3.8, 4) is 16.3 Å². The van der Waals surface area contributed by atoms with Gasteiger partial charge in [0.15, 0.2) is 11.6 Å². The second-order valence-corrected chi connectivity index (χ2v) is 10.3. The maximum atomic E-state index is 15.1. The van der Waals surface area contributed by atoms with Crippen LogP contribution in [0.3, 0.4) is 0 Å². The molecule has 0 aliphatic heterocycles. The largest absolute Gasteiger partial charge is 0.494 e. The molecule has 0 radical (unpaired) electrons. The summed E-state index contributed by atoms with van der Waals surface area (Å²) in [7, 11) is 1.18. The quantitative estimate of drug-likeness (QED) is 0.198. The van der Waals surface area contributed by atoms with Gasteiger partial charge in [0.25, 0.3) is 0 Å². The molecule has 4 N–H and O–H groups in total. The zero-order valence-electron chi connectivity index (χ0n) is 20.2. The van der Waals surface area contributed by atoms with E-state index in [1.165, 1.54) is 24.6 Å². The number of allylic oxidation sites excluding steroid dienone is 2. The number of hydrogen-bond donors (Lipinski definition) is 4. The van der Waals surface area contributed by atoms with Crippen molar-refractivity contribution in [1.82, 2.24) is 9.90 Å². The van der Waals surface area contributed by atoms with Gasteiger partial charge in [-0.1, -0.05) is 26.0 Å². The molecule has 12 heteroatoms. The molecule has 0 bridgehead atoms. The predicted molar refractivity (Wildman–Crippen MR) is 132 cm³/mol. The molecule has 0 amide bonds. The summed E-state index contributed by atoms with van der Waals surface area (Å²) < 4.78 is 49.3. The molecule has 1 aliphatic carbocycles. The number of rotatable bonds is 7. The fraction of sp³-hybridized carbons (Fsp3) is 0.280. The minimum atomic E-state index is -2.11. The van der Waals surface area contributed by atoms with Crippen LogP contribution in [0.15, 0.2) is 35.7 Å². The molecule has 0 saturated carbocycles. The summed E-state index contributed by atoms with van der Waals surface area (Å²) in [6.45, 7) is 4.24. The summed E-state index contributed by atoms with van der Waals surface area (Å²) >= 11 is 0.833. The number of halogens is 3. The number of thiazole rings is 1. The maximum Gasteiger partial charge on any atom is 0.338 e. The Labute approximate surface area is 214 Å². The minimum absolute atomic E-state index is 0.0246. The van der Waals surface area contributed by atoms with Gasteiger partial charge < -0.3 is 9.84 Å². The first-order chi connectivity index (χ1) is 17.3. The van der Waals surface area contributed by atoms with Crippen molar-refractivity contribution in [3.05, 3.63) is 64.3 Å². The highest BCUT2D eigenvalue weighted by Gasteiger charge is 2.34. The molecule has 8 nitrogen and oxygen atoms in total.